The van der Waals surface area contributed by atoms with Crippen LogP contribution >= 0.6 is 15.9 Å². The Hall–Kier alpha value is -1.88. The van der Waals surface area contributed by atoms with Gasteiger partial charge in [0.1, 0.15) is 11.6 Å². The lowest BCUT2D eigenvalue weighted by Gasteiger charge is -2.10. The number of rotatable bonds is 5. The molecule has 2 aromatic carbocycles. The second-order valence-electron chi connectivity index (χ2n) is 4.60. The van der Waals surface area contributed by atoms with Crippen LogP contribution in [0.15, 0.2) is 46.9 Å². The Bertz CT molecular complexity index is 629. The van der Waals surface area contributed by atoms with Crippen LogP contribution in [0, 0.1) is 12.7 Å². The van der Waals surface area contributed by atoms with Gasteiger partial charge in [0.05, 0.1) is 0 Å². The molecule has 21 heavy (non-hydrogen) atoms. The van der Waals surface area contributed by atoms with Crippen molar-refractivity contribution in [2.75, 3.05) is 6.61 Å². The number of benzene rings is 2. The molecule has 0 unspecified atom stereocenters. The van der Waals surface area contributed by atoms with Gasteiger partial charge in [0.25, 0.3) is 5.91 Å². The van der Waals surface area contributed by atoms with Crippen LogP contribution in [0.5, 0.6) is 5.75 Å². The number of hydrogen-bond donors (Lipinski definition) is 1. The molecule has 2 rings (SSSR count). The van der Waals surface area contributed by atoms with E-state index in [1.807, 2.05) is 25.1 Å². The van der Waals surface area contributed by atoms with Gasteiger partial charge in [-0.15, -0.1) is 0 Å². The third-order valence-corrected chi connectivity index (χ3v) is 3.39. The Morgan fingerprint density at radius 1 is 1.24 bits per heavy atom. The molecule has 0 fully saturated rings. The zero-order valence-electron chi connectivity index (χ0n) is 11.5. The van der Waals surface area contributed by atoms with Gasteiger partial charge in [0, 0.05) is 11.0 Å². The van der Waals surface area contributed by atoms with Crippen LogP contribution in [0.4, 0.5) is 4.39 Å². The van der Waals surface area contributed by atoms with E-state index in [1.54, 1.807) is 12.1 Å². The highest BCUT2D eigenvalue weighted by Gasteiger charge is 2.05. The summed E-state index contributed by atoms with van der Waals surface area (Å²) < 4.78 is 19.2. The lowest BCUT2D eigenvalue weighted by Crippen LogP contribution is -2.28. The second-order valence-corrected chi connectivity index (χ2v) is 5.52. The number of amides is 1. The van der Waals surface area contributed by atoms with Crippen molar-refractivity contribution in [3.8, 4) is 5.75 Å². The molecule has 0 aliphatic heterocycles. The quantitative estimate of drug-likeness (QED) is 0.893. The number of nitrogens with one attached hydrogen (secondary N) is 1. The summed E-state index contributed by atoms with van der Waals surface area (Å²) in [5.74, 6) is 0.163. The van der Waals surface area contributed by atoms with Crippen LogP contribution in [0.1, 0.15) is 11.1 Å². The van der Waals surface area contributed by atoms with E-state index >= 15 is 0 Å². The molecule has 0 aromatic heterocycles. The Kier molecular flexibility index (Phi) is 5.33. The zero-order chi connectivity index (χ0) is 15.2. The third kappa shape index (κ3) is 4.86. The van der Waals surface area contributed by atoms with Crippen molar-refractivity contribution in [3.05, 3.63) is 63.9 Å². The average Bonchev–Trinajstić information content (AvgIpc) is 2.46. The molecule has 0 atom stereocenters. The fraction of sp³-hybridized carbons (Fsp3) is 0.188. The topological polar surface area (TPSA) is 38.3 Å². The number of aryl methyl sites for hydroxylation is 1. The van der Waals surface area contributed by atoms with Crippen LogP contribution in [0.2, 0.25) is 0 Å². The standard InChI is InChI=1S/C16H15BrFNO2/c1-11-8-13(17)4-7-15(11)21-10-16(20)19-9-12-2-5-14(18)6-3-12/h2-8H,9-10H2,1H3,(H,19,20). The van der Waals surface area contributed by atoms with Gasteiger partial charge < -0.3 is 10.1 Å². The molecule has 0 spiro atoms. The van der Waals surface area contributed by atoms with E-state index in [9.17, 15) is 9.18 Å². The molecule has 0 saturated carbocycles. The first-order valence-corrected chi connectivity index (χ1v) is 7.24. The van der Waals surface area contributed by atoms with E-state index in [2.05, 4.69) is 21.2 Å². The Morgan fingerprint density at radius 2 is 1.95 bits per heavy atom. The van der Waals surface area contributed by atoms with Crippen LogP contribution in [0.25, 0.3) is 0 Å². The van der Waals surface area contributed by atoms with E-state index in [1.165, 1.54) is 12.1 Å². The maximum Gasteiger partial charge on any atom is 0.258 e. The van der Waals surface area contributed by atoms with Gasteiger partial charge in [-0.1, -0.05) is 28.1 Å². The number of halogens is 2. The highest BCUT2D eigenvalue weighted by molar-refractivity contribution is 9.10. The molecule has 1 amide bonds. The maximum atomic E-state index is 12.7. The Balaban J connectivity index is 1.80. The Labute approximate surface area is 131 Å². The highest BCUT2D eigenvalue weighted by Crippen LogP contribution is 2.21. The van der Waals surface area contributed by atoms with E-state index in [4.69, 9.17) is 4.74 Å². The molecule has 0 heterocycles. The second kappa shape index (κ2) is 7.22. The highest BCUT2D eigenvalue weighted by atomic mass is 79.9. The van der Waals surface area contributed by atoms with Crippen molar-refractivity contribution < 1.29 is 13.9 Å². The van der Waals surface area contributed by atoms with Crippen molar-refractivity contribution in [2.45, 2.75) is 13.5 Å². The first-order valence-electron chi connectivity index (χ1n) is 6.44. The summed E-state index contributed by atoms with van der Waals surface area (Å²) in [6.45, 7) is 2.21. The largest absolute Gasteiger partial charge is 0.484 e. The summed E-state index contributed by atoms with van der Waals surface area (Å²) in [4.78, 5) is 11.7. The van der Waals surface area contributed by atoms with E-state index < -0.39 is 0 Å². The molecule has 0 radical (unpaired) electrons. The molecule has 0 bridgehead atoms. The van der Waals surface area contributed by atoms with Crippen molar-refractivity contribution >= 4 is 21.8 Å². The van der Waals surface area contributed by atoms with Gasteiger partial charge in [0.2, 0.25) is 0 Å². The minimum Gasteiger partial charge on any atom is -0.484 e. The van der Waals surface area contributed by atoms with Crippen molar-refractivity contribution in [1.29, 1.82) is 0 Å². The molecule has 5 heteroatoms. The normalized spacial score (nSPS) is 10.2. The molecule has 2 aromatic rings. The minimum absolute atomic E-state index is 0.0519. The first-order chi connectivity index (χ1) is 10.0. The van der Waals surface area contributed by atoms with Crippen molar-refractivity contribution in [2.24, 2.45) is 0 Å². The summed E-state index contributed by atoms with van der Waals surface area (Å²) in [7, 11) is 0. The number of carbonyl (C=O) groups excluding carboxylic acids is 1. The summed E-state index contributed by atoms with van der Waals surface area (Å²) in [5, 5.41) is 2.72. The summed E-state index contributed by atoms with van der Waals surface area (Å²) in [6, 6.07) is 11.6. The summed E-state index contributed by atoms with van der Waals surface area (Å²) >= 11 is 3.37. The van der Waals surface area contributed by atoms with E-state index in [-0.39, 0.29) is 18.3 Å². The maximum absolute atomic E-state index is 12.7. The summed E-state index contributed by atoms with van der Waals surface area (Å²) in [5.41, 5.74) is 1.79. The molecular weight excluding hydrogens is 337 g/mol. The number of ether oxygens (including phenoxy) is 1. The van der Waals surface area contributed by atoms with Crippen molar-refractivity contribution in [3.63, 3.8) is 0 Å². The molecule has 3 nitrogen and oxygen atoms in total. The van der Waals surface area contributed by atoms with Crippen LogP contribution < -0.4 is 10.1 Å². The zero-order valence-corrected chi connectivity index (χ0v) is 13.1. The lowest BCUT2D eigenvalue weighted by molar-refractivity contribution is -0.123. The van der Waals surface area contributed by atoms with Gasteiger partial charge in [-0.25, -0.2) is 4.39 Å². The van der Waals surface area contributed by atoms with Gasteiger partial charge in [-0.05, 0) is 48.4 Å². The fourth-order valence-electron chi connectivity index (χ4n) is 1.77. The van der Waals surface area contributed by atoms with Crippen LogP contribution in [0.3, 0.4) is 0 Å². The SMILES string of the molecule is Cc1cc(Br)ccc1OCC(=O)NCc1ccc(F)cc1. The van der Waals surface area contributed by atoms with Gasteiger partial charge in [-0.3, -0.25) is 4.79 Å². The first kappa shape index (κ1) is 15.5. The van der Waals surface area contributed by atoms with Crippen LogP contribution in [-0.2, 0) is 11.3 Å². The minimum atomic E-state index is -0.292. The molecule has 0 aliphatic rings. The smallest absolute Gasteiger partial charge is 0.258 e. The fourth-order valence-corrected chi connectivity index (χ4v) is 2.25. The Morgan fingerprint density at radius 3 is 2.62 bits per heavy atom. The molecular formula is C16H15BrFNO2. The van der Waals surface area contributed by atoms with Crippen molar-refractivity contribution in [1.82, 2.24) is 5.32 Å². The molecule has 0 saturated heterocycles. The molecule has 0 aliphatic carbocycles. The van der Waals surface area contributed by atoms with E-state index in [0.29, 0.717) is 12.3 Å². The predicted octanol–water partition coefficient (Wildman–Crippen LogP) is 3.59. The third-order valence-electron chi connectivity index (χ3n) is 2.90. The van der Waals surface area contributed by atoms with E-state index in [0.717, 1.165) is 15.6 Å². The monoisotopic (exact) mass is 351 g/mol. The lowest BCUT2D eigenvalue weighted by atomic mass is 10.2. The predicted molar refractivity (Wildman–Crippen MR) is 82.6 cm³/mol. The van der Waals surface area contributed by atoms with Gasteiger partial charge in [-0.2, -0.15) is 0 Å². The average molecular weight is 352 g/mol. The van der Waals surface area contributed by atoms with Gasteiger partial charge in [0.15, 0.2) is 6.61 Å². The van der Waals surface area contributed by atoms with Gasteiger partial charge >= 0.3 is 0 Å². The molecule has 1 N–H and O–H groups in total. The summed E-state index contributed by atoms with van der Waals surface area (Å²) in [6.07, 6.45) is 0. The van der Waals surface area contributed by atoms with Crippen LogP contribution in [-0.4, -0.2) is 12.5 Å². The number of hydrogen-bond acceptors (Lipinski definition) is 2. The number of carbonyl (C=O) groups is 1. The molecule has 110 valence electrons.